The first kappa shape index (κ1) is 15.8. The highest BCUT2D eigenvalue weighted by atomic mass is 16.5. The van der Waals surface area contributed by atoms with Crippen molar-refractivity contribution in [2.45, 2.75) is 31.9 Å². The van der Waals surface area contributed by atoms with E-state index in [0.717, 1.165) is 31.7 Å². The van der Waals surface area contributed by atoms with Crippen LogP contribution in [0.25, 0.3) is 0 Å². The van der Waals surface area contributed by atoms with Crippen molar-refractivity contribution < 1.29 is 14.6 Å². The number of carbonyl (C=O) groups is 1. The second-order valence-electron chi connectivity index (χ2n) is 5.67. The summed E-state index contributed by atoms with van der Waals surface area (Å²) in [7, 11) is 1.67. The van der Waals surface area contributed by atoms with Crippen LogP contribution in [-0.4, -0.2) is 42.2 Å². The average molecular weight is 292 g/mol. The van der Waals surface area contributed by atoms with Crippen molar-refractivity contribution in [1.82, 2.24) is 4.90 Å². The zero-order valence-electron chi connectivity index (χ0n) is 12.7. The van der Waals surface area contributed by atoms with Crippen molar-refractivity contribution in [1.29, 1.82) is 0 Å². The van der Waals surface area contributed by atoms with Gasteiger partial charge in [0.25, 0.3) is 0 Å². The molecule has 0 radical (unpaired) electrons. The van der Waals surface area contributed by atoms with Crippen molar-refractivity contribution in [2.75, 3.05) is 20.2 Å². The lowest BCUT2D eigenvalue weighted by molar-refractivity contribution is -0.129. The number of amides is 1. The van der Waals surface area contributed by atoms with E-state index >= 15 is 0 Å². The molecule has 1 heterocycles. The van der Waals surface area contributed by atoms with E-state index in [2.05, 4.69) is 24.0 Å². The highest BCUT2D eigenvalue weighted by molar-refractivity contribution is 5.78. The van der Waals surface area contributed by atoms with Gasteiger partial charge in [-0.3, -0.25) is 9.69 Å². The molecule has 5 nitrogen and oxygen atoms in total. The number of primary amides is 1. The molecule has 5 heteroatoms. The highest BCUT2D eigenvalue weighted by Gasteiger charge is 2.30. The van der Waals surface area contributed by atoms with Crippen LogP contribution in [0.15, 0.2) is 24.3 Å². The standard InChI is InChI=1S/C16H24N2O3/c1-11(13-4-3-5-14(10-13)21-2)18-8-6-12(7-9-18)15(19)16(17)20/h3-5,10-12,15,19H,6-9H2,1-2H3,(H2,17,20)/t11-,15+/m0/s1. The van der Waals surface area contributed by atoms with Gasteiger partial charge in [0, 0.05) is 6.04 Å². The molecule has 1 aliphatic rings. The van der Waals surface area contributed by atoms with Gasteiger partial charge < -0.3 is 15.6 Å². The largest absolute Gasteiger partial charge is 0.497 e. The predicted molar refractivity (Wildman–Crippen MR) is 80.9 cm³/mol. The predicted octanol–water partition coefficient (Wildman–Crippen LogP) is 1.31. The van der Waals surface area contributed by atoms with Crippen molar-refractivity contribution in [3.8, 4) is 5.75 Å². The van der Waals surface area contributed by atoms with Gasteiger partial charge in [0.2, 0.25) is 5.91 Å². The summed E-state index contributed by atoms with van der Waals surface area (Å²) in [4.78, 5) is 13.4. The van der Waals surface area contributed by atoms with Crippen LogP contribution in [0.1, 0.15) is 31.4 Å². The number of ether oxygens (including phenoxy) is 1. The van der Waals surface area contributed by atoms with E-state index in [1.54, 1.807) is 7.11 Å². The Morgan fingerprint density at radius 2 is 2.10 bits per heavy atom. The van der Waals surface area contributed by atoms with Crippen LogP contribution in [0.4, 0.5) is 0 Å². The van der Waals surface area contributed by atoms with Gasteiger partial charge in [-0.2, -0.15) is 0 Å². The summed E-state index contributed by atoms with van der Waals surface area (Å²) in [6.07, 6.45) is 0.566. The molecule has 1 fully saturated rings. The van der Waals surface area contributed by atoms with Crippen LogP contribution in [0, 0.1) is 5.92 Å². The summed E-state index contributed by atoms with van der Waals surface area (Å²) < 4.78 is 5.26. The molecule has 0 bridgehead atoms. The Hall–Kier alpha value is -1.59. The fourth-order valence-electron chi connectivity index (χ4n) is 2.97. The monoisotopic (exact) mass is 292 g/mol. The highest BCUT2D eigenvalue weighted by Crippen LogP contribution is 2.29. The Morgan fingerprint density at radius 1 is 1.43 bits per heavy atom. The molecule has 2 rings (SSSR count). The summed E-state index contributed by atoms with van der Waals surface area (Å²) in [5.41, 5.74) is 6.38. The van der Waals surface area contributed by atoms with E-state index in [1.807, 2.05) is 12.1 Å². The van der Waals surface area contributed by atoms with Crippen molar-refractivity contribution >= 4 is 5.91 Å². The lowest BCUT2D eigenvalue weighted by Gasteiger charge is -2.37. The Balaban J connectivity index is 1.96. The molecule has 21 heavy (non-hydrogen) atoms. The second-order valence-corrected chi connectivity index (χ2v) is 5.67. The Kier molecular flexibility index (Phi) is 5.20. The summed E-state index contributed by atoms with van der Waals surface area (Å²) in [6.45, 7) is 3.88. The van der Waals surface area contributed by atoms with E-state index < -0.39 is 12.0 Å². The molecule has 116 valence electrons. The van der Waals surface area contributed by atoms with Crippen molar-refractivity contribution in [3.63, 3.8) is 0 Å². The first-order valence-corrected chi connectivity index (χ1v) is 7.38. The molecular formula is C16H24N2O3. The molecule has 0 unspecified atom stereocenters. The number of nitrogens with zero attached hydrogens (tertiary/aromatic N) is 1. The summed E-state index contributed by atoms with van der Waals surface area (Å²) >= 11 is 0. The molecule has 1 saturated heterocycles. The quantitative estimate of drug-likeness (QED) is 0.858. The SMILES string of the molecule is COc1cccc([C@H](C)N2CCC([C@@H](O)C(N)=O)CC2)c1. The van der Waals surface area contributed by atoms with Gasteiger partial charge in [0.1, 0.15) is 11.9 Å². The van der Waals surface area contributed by atoms with Crippen LogP contribution in [0.5, 0.6) is 5.75 Å². The van der Waals surface area contributed by atoms with Crippen LogP contribution in [0.3, 0.4) is 0 Å². The second kappa shape index (κ2) is 6.91. The molecule has 0 spiro atoms. The number of aliphatic hydroxyl groups is 1. The molecule has 0 saturated carbocycles. The van der Waals surface area contributed by atoms with Crippen molar-refractivity contribution in [2.24, 2.45) is 11.7 Å². The summed E-state index contributed by atoms with van der Waals surface area (Å²) in [5, 5.41) is 9.75. The topological polar surface area (TPSA) is 75.8 Å². The van der Waals surface area contributed by atoms with E-state index in [-0.39, 0.29) is 12.0 Å². The molecular weight excluding hydrogens is 268 g/mol. The number of hydrogen-bond acceptors (Lipinski definition) is 4. The van der Waals surface area contributed by atoms with Gasteiger partial charge >= 0.3 is 0 Å². The smallest absolute Gasteiger partial charge is 0.246 e. The average Bonchev–Trinajstić information content (AvgIpc) is 2.53. The fourth-order valence-corrected chi connectivity index (χ4v) is 2.97. The molecule has 2 atom stereocenters. The molecule has 1 aliphatic heterocycles. The maximum absolute atomic E-state index is 11.1. The molecule has 3 N–H and O–H groups in total. The minimum atomic E-state index is -1.01. The Morgan fingerprint density at radius 3 is 2.67 bits per heavy atom. The zero-order chi connectivity index (χ0) is 15.4. The number of carbonyl (C=O) groups excluding carboxylic acids is 1. The van der Waals surface area contributed by atoms with E-state index in [9.17, 15) is 9.90 Å². The van der Waals surface area contributed by atoms with Gasteiger partial charge in [-0.25, -0.2) is 0 Å². The van der Waals surface area contributed by atoms with Crippen LogP contribution in [-0.2, 0) is 4.79 Å². The Bertz CT molecular complexity index is 484. The van der Waals surface area contributed by atoms with Gasteiger partial charge in [0.05, 0.1) is 7.11 Å². The molecule has 1 amide bonds. The zero-order valence-corrected chi connectivity index (χ0v) is 12.7. The lowest BCUT2D eigenvalue weighted by Crippen LogP contribution is -2.43. The van der Waals surface area contributed by atoms with E-state index in [0.29, 0.717) is 0 Å². The summed E-state index contributed by atoms with van der Waals surface area (Å²) in [6, 6.07) is 8.36. The van der Waals surface area contributed by atoms with Crippen LogP contribution >= 0.6 is 0 Å². The lowest BCUT2D eigenvalue weighted by atomic mass is 9.89. The number of benzene rings is 1. The minimum Gasteiger partial charge on any atom is -0.497 e. The maximum Gasteiger partial charge on any atom is 0.246 e. The number of rotatable bonds is 5. The number of nitrogens with two attached hydrogens (primary N) is 1. The van der Waals surface area contributed by atoms with Gasteiger partial charge in [-0.15, -0.1) is 0 Å². The summed E-state index contributed by atoms with van der Waals surface area (Å²) in [5.74, 6) is 0.226. The van der Waals surface area contributed by atoms with Crippen LogP contribution < -0.4 is 10.5 Å². The van der Waals surface area contributed by atoms with Gasteiger partial charge in [-0.05, 0) is 56.5 Å². The Labute approximate surface area is 125 Å². The molecule has 0 aromatic heterocycles. The molecule has 1 aromatic carbocycles. The number of methoxy groups -OCH3 is 1. The third-order valence-electron chi connectivity index (χ3n) is 4.44. The maximum atomic E-state index is 11.1. The third-order valence-corrected chi connectivity index (χ3v) is 4.44. The number of piperidine rings is 1. The number of aliphatic hydroxyl groups excluding tert-OH is 1. The molecule has 1 aromatic rings. The fraction of sp³-hybridized carbons (Fsp3) is 0.562. The van der Waals surface area contributed by atoms with E-state index in [1.165, 1.54) is 5.56 Å². The van der Waals surface area contributed by atoms with Crippen LogP contribution in [0.2, 0.25) is 0 Å². The third kappa shape index (κ3) is 3.74. The first-order chi connectivity index (χ1) is 10.0. The normalized spacial score (nSPS) is 20.0. The number of hydrogen-bond donors (Lipinski definition) is 2. The molecule has 0 aliphatic carbocycles. The van der Waals surface area contributed by atoms with Crippen molar-refractivity contribution in [3.05, 3.63) is 29.8 Å². The van der Waals surface area contributed by atoms with Gasteiger partial charge in [-0.1, -0.05) is 12.1 Å². The number of likely N-dealkylation sites (tertiary alicyclic amines) is 1. The van der Waals surface area contributed by atoms with E-state index in [4.69, 9.17) is 10.5 Å². The first-order valence-electron chi connectivity index (χ1n) is 7.38. The van der Waals surface area contributed by atoms with Gasteiger partial charge in [0.15, 0.2) is 0 Å². The minimum absolute atomic E-state index is 0.0174.